The Morgan fingerprint density at radius 1 is 0.226 bits per heavy atom. The topological polar surface area (TPSA) is 0 Å². The van der Waals surface area contributed by atoms with E-state index in [2.05, 4.69) is 198 Å². The van der Waals surface area contributed by atoms with Gasteiger partial charge in [-0.3, -0.25) is 0 Å². The van der Waals surface area contributed by atoms with Crippen LogP contribution in [-0.2, 0) is 0 Å². The average Bonchev–Trinajstić information content (AvgIpc) is 3.56. The van der Waals surface area contributed by atoms with Crippen molar-refractivity contribution in [3.8, 4) is 66.8 Å². The van der Waals surface area contributed by atoms with Crippen LogP contribution < -0.4 is 0 Å². The van der Waals surface area contributed by atoms with Crippen LogP contribution in [0.2, 0.25) is 0 Å². The summed E-state index contributed by atoms with van der Waals surface area (Å²) in [5.41, 5.74) is 19.8. The predicted molar refractivity (Wildman–Crippen MR) is 231 cm³/mol. The average molecular weight is 697 g/mol. The molecule has 0 saturated carbocycles. The Bertz CT molecular complexity index is 2440. The second-order valence-electron chi connectivity index (χ2n) is 14.6. The molecular weight excluding hydrogens is 657 g/mol. The fraction of sp³-hybridized carbons (Fsp3) is 0.0769. The van der Waals surface area contributed by atoms with Crippen LogP contribution in [0.4, 0.5) is 0 Å². The zero-order chi connectivity index (χ0) is 36.1. The highest BCUT2D eigenvalue weighted by Gasteiger charge is 2.13. The molecule has 0 aliphatic carbocycles. The molecule has 0 aliphatic rings. The molecular formula is C52H40S. The number of hydrogen-bond donors (Lipinski definition) is 0. The molecule has 1 aromatic heterocycles. The van der Waals surface area contributed by atoms with Crippen LogP contribution in [0.15, 0.2) is 170 Å². The van der Waals surface area contributed by atoms with Crippen molar-refractivity contribution in [3.63, 3.8) is 0 Å². The first kappa shape index (κ1) is 32.9. The summed E-state index contributed by atoms with van der Waals surface area (Å²) < 4.78 is 2.62. The van der Waals surface area contributed by atoms with Gasteiger partial charge < -0.3 is 0 Å². The van der Waals surface area contributed by atoms with Crippen LogP contribution >= 0.6 is 11.3 Å². The first-order valence-corrected chi connectivity index (χ1v) is 19.2. The first-order chi connectivity index (χ1) is 25.8. The smallest absolute Gasteiger partial charge is 0.0355 e. The lowest BCUT2D eigenvalue weighted by Crippen LogP contribution is -1.87. The maximum atomic E-state index is 2.41. The summed E-state index contributed by atoms with van der Waals surface area (Å²) in [6.45, 7) is 8.59. The molecule has 8 aromatic carbocycles. The summed E-state index contributed by atoms with van der Waals surface area (Å²) in [7, 11) is 0. The van der Waals surface area contributed by atoms with Crippen molar-refractivity contribution in [2.75, 3.05) is 0 Å². The predicted octanol–water partition coefficient (Wildman–Crippen LogP) is 15.3. The minimum absolute atomic E-state index is 1.23. The largest absolute Gasteiger partial charge is 0.135 e. The monoisotopic (exact) mass is 696 g/mol. The van der Waals surface area contributed by atoms with Gasteiger partial charge in [0.25, 0.3) is 0 Å². The Kier molecular flexibility index (Phi) is 8.38. The van der Waals surface area contributed by atoms with E-state index in [-0.39, 0.29) is 0 Å². The zero-order valence-electron chi connectivity index (χ0n) is 30.6. The quantitative estimate of drug-likeness (QED) is 0.162. The lowest BCUT2D eigenvalue weighted by molar-refractivity contribution is 1.46. The lowest BCUT2D eigenvalue weighted by Gasteiger charge is -2.13. The van der Waals surface area contributed by atoms with E-state index in [9.17, 15) is 0 Å². The van der Waals surface area contributed by atoms with Crippen molar-refractivity contribution in [3.05, 3.63) is 192 Å². The highest BCUT2D eigenvalue weighted by atomic mass is 32.1. The minimum Gasteiger partial charge on any atom is -0.135 e. The molecule has 254 valence electrons. The van der Waals surface area contributed by atoms with E-state index in [0.29, 0.717) is 0 Å². The molecule has 0 N–H and O–H groups in total. The van der Waals surface area contributed by atoms with Gasteiger partial charge in [-0.2, -0.15) is 0 Å². The number of benzene rings is 8. The van der Waals surface area contributed by atoms with Crippen molar-refractivity contribution in [1.82, 2.24) is 0 Å². The van der Waals surface area contributed by atoms with Gasteiger partial charge >= 0.3 is 0 Å². The molecule has 0 aliphatic heterocycles. The van der Waals surface area contributed by atoms with Crippen molar-refractivity contribution < 1.29 is 0 Å². The van der Waals surface area contributed by atoms with Gasteiger partial charge in [-0.15, -0.1) is 11.3 Å². The molecule has 0 atom stereocenters. The minimum atomic E-state index is 1.23. The molecule has 0 fully saturated rings. The summed E-state index contributed by atoms with van der Waals surface area (Å²) in [6, 6.07) is 63.6. The number of rotatable bonds is 6. The molecule has 1 heteroatoms. The van der Waals surface area contributed by atoms with Crippen molar-refractivity contribution >= 4 is 31.5 Å². The maximum Gasteiger partial charge on any atom is 0.0355 e. The molecule has 0 spiro atoms. The normalized spacial score (nSPS) is 11.4. The fourth-order valence-corrected chi connectivity index (χ4v) is 8.44. The lowest BCUT2D eigenvalue weighted by atomic mass is 9.91. The number of aryl methyl sites for hydroxylation is 4. The third-order valence-electron chi connectivity index (χ3n) is 10.5. The molecule has 0 unspecified atom stereocenters. The van der Waals surface area contributed by atoms with Gasteiger partial charge in [-0.25, -0.2) is 0 Å². The van der Waals surface area contributed by atoms with E-state index in [1.54, 1.807) is 0 Å². The molecule has 0 bridgehead atoms. The van der Waals surface area contributed by atoms with Crippen LogP contribution in [0.1, 0.15) is 22.3 Å². The van der Waals surface area contributed by atoms with Gasteiger partial charge in [0, 0.05) is 20.2 Å². The summed E-state index contributed by atoms with van der Waals surface area (Å²) in [5, 5.41) is 2.60. The molecule has 9 aromatic rings. The van der Waals surface area contributed by atoms with E-state index in [0.717, 1.165) is 0 Å². The highest BCUT2D eigenvalue weighted by molar-refractivity contribution is 7.25. The highest BCUT2D eigenvalue weighted by Crippen LogP contribution is 2.41. The fourth-order valence-electron chi connectivity index (χ4n) is 7.38. The Balaban J connectivity index is 1.18. The number of fused-ring (bicyclic) bond motifs is 3. The van der Waals surface area contributed by atoms with Gasteiger partial charge in [0.1, 0.15) is 0 Å². The Labute approximate surface area is 316 Å². The number of thiophene rings is 1. The van der Waals surface area contributed by atoms with E-state index >= 15 is 0 Å². The molecule has 53 heavy (non-hydrogen) atoms. The molecule has 0 nitrogen and oxygen atoms in total. The third-order valence-corrected chi connectivity index (χ3v) is 11.7. The van der Waals surface area contributed by atoms with Gasteiger partial charge in [-0.05, 0) is 155 Å². The zero-order valence-corrected chi connectivity index (χ0v) is 31.4. The van der Waals surface area contributed by atoms with E-state index in [1.807, 2.05) is 11.3 Å². The molecule has 0 saturated heterocycles. The van der Waals surface area contributed by atoms with Gasteiger partial charge in [0.05, 0.1) is 0 Å². The van der Waals surface area contributed by atoms with E-state index in [1.165, 1.54) is 109 Å². The molecule has 0 radical (unpaired) electrons. The third kappa shape index (κ3) is 6.61. The summed E-state index contributed by atoms with van der Waals surface area (Å²) >= 11 is 1.87. The summed E-state index contributed by atoms with van der Waals surface area (Å²) in [4.78, 5) is 0. The standard InChI is InChI=1S/C52H40S/c1-33-5-13-37(14-6-33)43-25-44(38-15-7-34(2)8-16-38)28-47(27-43)41-21-23-51-49(31-41)50-32-42(22-24-52(50)53-51)48-29-45(39-17-9-35(3)10-18-39)26-46(30-48)40-19-11-36(4)12-20-40/h5-32H,1-4H3. The second kappa shape index (κ2) is 13.5. The van der Waals surface area contributed by atoms with Crippen LogP contribution in [0, 0.1) is 27.7 Å². The Morgan fingerprint density at radius 3 is 0.717 bits per heavy atom. The first-order valence-electron chi connectivity index (χ1n) is 18.4. The van der Waals surface area contributed by atoms with Crippen molar-refractivity contribution in [2.24, 2.45) is 0 Å². The SMILES string of the molecule is Cc1ccc(-c2cc(-c3ccc(C)cc3)cc(-c3ccc4sc5ccc(-c6cc(-c7ccc(C)cc7)cc(-c7ccc(C)cc7)c6)cc5c4c3)c2)cc1. The Hall–Kier alpha value is -6.02. The van der Waals surface area contributed by atoms with Crippen LogP contribution in [0.5, 0.6) is 0 Å². The van der Waals surface area contributed by atoms with E-state index in [4.69, 9.17) is 0 Å². The van der Waals surface area contributed by atoms with Gasteiger partial charge in [0.2, 0.25) is 0 Å². The van der Waals surface area contributed by atoms with Crippen LogP contribution in [0.3, 0.4) is 0 Å². The van der Waals surface area contributed by atoms with Crippen molar-refractivity contribution in [1.29, 1.82) is 0 Å². The second-order valence-corrected chi connectivity index (χ2v) is 15.7. The summed E-state index contributed by atoms with van der Waals surface area (Å²) in [6.07, 6.45) is 0. The van der Waals surface area contributed by atoms with Crippen LogP contribution in [0.25, 0.3) is 86.9 Å². The molecule has 0 amide bonds. The molecule has 9 rings (SSSR count). The summed E-state index contributed by atoms with van der Waals surface area (Å²) in [5.74, 6) is 0. The molecule has 1 heterocycles. The van der Waals surface area contributed by atoms with Crippen LogP contribution in [-0.4, -0.2) is 0 Å². The van der Waals surface area contributed by atoms with Crippen molar-refractivity contribution in [2.45, 2.75) is 27.7 Å². The van der Waals surface area contributed by atoms with Gasteiger partial charge in [0.15, 0.2) is 0 Å². The Morgan fingerprint density at radius 2 is 0.453 bits per heavy atom. The number of hydrogen-bond acceptors (Lipinski definition) is 1. The van der Waals surface area contributed by atoms with Gasteiger partial charge in [-0.1, -0.05) is 131 Å². The van der Waals surface area contributed by atoms with E-state index < -0.39 is 0 Å². The maximum absolute atomic E-state index is 2.41.